The molecule has 1 aliphatic heterocycles. The van der Waals surface area contributed by atoms with Crippen molar-refractivity contribution in [2.45, 2.75) is 31.7 Å². The Hall–Kier alpha value is -0.930. The molecule has 0 saturated carbocycles. The van der Waals surface area contributed by atoms with Crippen LogP contribution in [0.2, 0.25) is 0 Å². The summed E-state index contributed by atoms with van der Waals surface area (Å²) < 4.78 is 1.13. The quantitative estimate of drug-likeness (QED) is 0.911. The predicted octanol–water partition coefficient (Wildman–Crippen LogP) is 3.85. The molecule has 18 heavy (non-hydrogen) atoms. The normalized spacial score (nSPS) is 23.7. The zero-order chi connectivity index (χ0) is 12.5. The molecule has 0 bridgehead atoms. The average Bonchev–Trinajstić information content (AvgIpc) is 2.88. The third-order valence-electron chi connectivity index (χ3n) is 3.93. The van der Waals surface area contributed by atoms with Gasteiger partial charge in [0.1, 0.15) is 0 Å². The van der Waals surface area contributed by atoms with Crippen LogP contribution >= 0.6 is 15.9 Å². The maximum atomic E-state index is 4.60. The van der Waals surface area contributed by atoms with Gasteiger partial charge in [-0.15, -0.1) is 0 Å². The number of aromatic nitrogens is 1. The number of nitrogens with one attached hydrogen (secondary N) is 1. The van der Waals surface area contributed by atoms with Gasteiger partial charge in [0.2, 0.25) is 0 Å². The molecule has 1 aromatic heterocycles. The summed E-state index contributed by atoms with van der Waals surface area (Å²) in [7, 11) is 0. The Bertz CT molecular complexity index is 567. The van der Waals surface area contributed by atoms with Gasteiger partial charge in [-0.1, -0.05) is 35.0 Å². The summed E-state index contributed by atoms with van der Waals surface area (Å²) in [5, 5.41) is 4.81. The highest BCUT2D eigenvalue weighted by Crippen LogP contribution is 2.35. The summed E-state index contributed by atoms with van der Waals surface area (Å²) in [6.45, 7) is 3.37. The summed E-state index contributed by atoms with van der Waals surface area (Å²) in [6, 6.07) is 9.13. The first-order valence-corrected chi connectivity index (χ1v) is 7.37. The Labute approximate surface area is 116 Å². The van der Waals surface area contributed by atoms with E-state index >= 15 is 0 Å². The van der Waals surface area contributed by atoms with Crippen molar-refractivity contribution in [2.75, 3.05) is 6.54 Å². The minimum Gasteiger partial charge on any atom is -0.313 e. The van der Waals surface area contributed by atoms with Gasteiger partial charge in [-0.05, 0) is 37.1 Å². The Morgan fingerprint density at radius 2 is 2.28 bits per heavy atom. The number of hydrogen-bond acceptors (Lipinski definition) is 2. The van der Waals surface area contributed by atoms with Gasteiger partial charge in [-0.2, -0.15) is 0 Å². The molecule has 94 valence electrons. The number of rotatable bonds is 2. The number of nitrogens with zero attached hydrogens (tertiary/aromatic N) is 1. The lowest BCUT2D eigenvalue weighted by atomic mass is 9.89. The molecule has 3 rings (SSSR count). The maximum Gasteiger partial charge on any atom is 0.0748 e. The van der Waals surface area contributed by atoms with Crippen molar-refractivity contribution in [3.8, 4) is 0 Å². The molecule has 1 aromatic carbocycles. The lowest BCUT2D eigenvalue weighted by molar-refractivity contribution is 0.533. The zero-order valence-electron chi connectivity index (χ0n) is 10.5. The zero-order valence-corrected chi connectivity index (χ0v) is 12.1. The van der Waals surface area contributed by atoms with Crippen molar-refractivity contribution in [1.29, 1.82) is 0 Å². The first-order chi connectivity index (χ1) is 8.81. The van der Waals surface area contributed by atoms with Crippen molar-refractivity contribution in [2.24, 2.45) is 0 Å². The smallest absolute Gasteiger partial charge is 0.0748 e. The molecule has 2 atom stereocenters. The van der Waals surface area contributed by atoms with Crippen LogP contribution in [0.25, 0.3) is 10.9 Å². The van der Waals surface area contributed by atoms with Crippen LogP contribution in [0.3, 0.4) is 0 Å². The Balaban J connectivity index is 2.15. The van der Waals surface area contributed by atoms with E-state index in [9.17, 15) is 0 Å². The van der Waals surface area contributed by atoms with Crippen LogP contribution in [0.1, 0.15) is 31.2 Å². The van der Waals surface area contributed by atoms with E-state index in [0.717, 1.165) is 16.5 Å². The Kier molecular flexibility index (Phi) is 3.35. The molecular weight excluding hydrogens is 288 g/mol. The van der Waals surface area contributed by atoms with Crippen LogP contribution in [0.4, 0.5) is 0 Å². The van der Waals surface area contributed by atoms with Gasteiger partial charge in [0, 0.05) is 28.0 Å². The number of hydrogen-bond donors (Lipinski definition) is 1. The molecule has 0 radical (unpaired) electrons. The topological polar surface area (TPSA) is 24.9 Å². The minimum atomic E-state index is 0.594. The average molecular weight is 305 g/mol. The Morgan fingerprint density at radius 1 is 1.39 bits per heavy atom. The van der Waals surface area contributed by atoms with E-state index in [-0.39, 0.29) is 0 Å². The third kappa shape index (κ3) is 1.95. The van der Waals surface area contributed by atoms with Crippen LogP contribution in [-0.2, 0) is 0 Å². The van der Waals surface area contributed by atoms with Gasteiger partial charge >= 0.3 is 0 Å². The second-order valence-electron chi connectivity index (χ2n) is 4.90. The van der Waals surface area contributed by atoms with Crippen molar-refractivity contribution in [1.82, 2.24) is 10.3 Å². The number of halogens is 1. The van der Waals surface area contributed by atoms with E-state index in [2.05, 4.69) is 51.4 Å². The summed E-state index contributed by atoms with van der Waals surface area (Å²) >= 11 is 3.62. The first-order valence-electron chi connectivity index (χ1n) is 6.57. The van der Waals surface area contributed by atoms with E-state index in [1.165, 1.54) is 23.8 Å². The fourth-order valence-electron chi connectivity index (χ4n) is 3.03. The predicted molar refractivity (Wildman–Crippen MR) is 78.9 cm³/mol. The molecule has 1 N–H and O–H groups in total. The third-order valence-corrected chi connectivity index (χ3v) is 4.63. The van der Waals surface area contributed by atoms with Crippen molar-refractivity contribution >= 4 is 26.8 Å². The van der Waals surface area contributed by atoms with E-state index in [0.29, 0.717) is 12.0 Å². The van der Waals surface area contributed by atoms with E-state index in [1.807, 2.05) is 12.3 Å². The molecule has 1 aliphatic rings. The number of fused-ring (bicyclic) bond motifs is 1. The lowest BCUT2D eigenvalue weighted by Gasteiger charge is -2.19. The first kappa shape index (κ1) is 12.1. The van der Waals surface area contributed by atoms with E-state index in [1.54, 1.807) is 0 Å². The SMILES string of the molecule is CCC1NCCC1c1ccc(Br)c2cccnc12. The van der Waals surface area contributed by atoms with Crippen LogP contribution in [-0.4, -0.2) is 17.6 Å². The highest BCUT2D eigenvalue weighted by molar-refractivity contribution is 9.10. The Morgan fingerprint density at radius 3 is 3.11 bits per heavy atom. The molecule has 3 heteroatoms. The monoisotopic (exact) mass is 304 g/mol. The molecule has 0 amide bonds. The number of pyridine rings is 1. The fourth-order valence-corrected chi connectivity index (χ4v) is 3.48. The van der Waals surface area contributed by atoms with Gasteiger partial charge in [0.15, 0.2) is 0 Å². The molecule has 1 fully saturated rings. The number of benzene rings is 1. The van der Waals surface area contributed by atoms with Crippen LogP contribution < -0.4 is 5.32 Å². The molecule has 2 nitrogen and oxygen atoms in total. The van der Waals surface area contributed by atoms with Crippen LogP contribution in [0.15, 0.2) is 34.9 Å². The van der Waals surface area contributed by atoms with E-state index < -0.39 is 0 Å². The molecule has 2 heterocycles. The van der Waals surface area contributed by atoms with Gasteiger partial charge < -0.3 is 5.32 Å². The molecule has 2 aromatic rings. The fraction of sp³-hybridized carbons (Fsp3) is 0.400. The second kappa shape index (κ2) is 4.98. The van der Waals surface area contributed by atoms with Crippen molar-refractivity contribution < 1.29 is 0 Å². The molecule has 0 spiro atoms. The molecule has 2 unspecified atom stereocenters. The largest absolute Gasteiger partial charge is 0.313 e. The highest BCUT2D eigenvalue weighted by atomic mass is 79.9. The second-order valence-corrected chi connectivity index (χ2v) is 5.75. The highest BCUT2D eigenvalue weighted by Gasteiger charge is 2.28. The summed E-state index contributed by atoms with van der Waals surface area (Å²) in [5.41, 5.74) is 2.55. The van der Waals surface area contributed by atoms with Crippen LogP contribution in [0, 0.1) is 0 Å². The van der Waals surface area contributed by atoms with Crippen molar-refractivity contribution in [3.63, 3.8) is 0 Å². The molecule has 0 aliphatic carbocycles. The maximum absolute atomic E-state index is 4.60. The minimum absolute atomic E-state index is 0.594. The van der Waals surface area contributed by atoms with Gasteiger partial charge in [-0.25, -0.2) is 0 Å². The summed E-state index contributed by atoms with van der Waals surface area (Å²) in [6.07, 6.45) is 4.28. The van der Waals surface area contributed by atoms with Crippen LogP contribution in [0.5, 0.6) is 0 Å². The van der Waals surface area contributed by atoms with Gasteiger partial charge in [-0.3, -0.25) is 4.98 Å². The summed E-state index contributed by atoms with van der Waals surface area (Å²) in [5.74, 6) is 0.598. The standard InChI is InChI=1S/C15H17BrN2/c1-2-14-10(7-9-17-14)11-5-6-13(16)12-4-3-8-18-15(11)12/h3-6,8,10,14,17H,2,7,9H2,1H3. The van der Waals surface area contributed by atoms with Gasteiger partial charge in [0.05, 0.1) is 5.52 Å². The van der Waals surface area contributed by atoms with Crippen molar-refractivity contribution in [3.05, 3.63) is 40.5 Å². The molecule has 1 saturated heterocycles. The lowest BCUT2D eigenvalue weighted by Crippen LogP contribution is -2.24. The van der Waals surface area contributed by atoms with E-state index in [4.69, 9.17) is 0 Å². The molecular formula is C15H17BrN2. The van der Waals surface area contributed by atoms with Gasteiger partial charge in [0.25, 0.3) is 0 Å². The summed E-state index contributed by atoms with van der Waals surface area (Å²) in [4.78, 5) is 4.60.